The molecule has 1 aromatic heterocycles. The van der Waals surface area contributed by atoms with Crippen LogP contribution in [-0.2, 0) is 17.8 Å². The fourth-order valence-electron chi connectivity index (χ4n) is 4.15. The summed E-state index contributed by atoms with van der Waals surface area (Å²) >= 11 is 1.55. The highest BCUT2D eigenvalue weighted by molar-refractivity contribution is 7.14. The molecule has 0 atom stereocenters. The number of rotatable bonds is 6. The van der Waals surface area contributed by atoms with Gasteiger partial charge in [0.15, 0.2) is 5.13 Å². The van der Waals surface area contributed by atoms with Gasteiger partial charge in [0.2, 0.25) is 5.91 Å². The Kier molecular flexibility index (Phi) is 6.37. The van der Waals surface area contributed by atoms with Gasteiger partial charge in [-0.25, -0.2) is 4.98 Å². The van der Waals surface area contributed by atoms with E-state index >= 15 is 0 Å². The molecule has 1 amide bonds. The molecule has 1 saturated heterocycles. The van der Waals surface area contributed by atoms with Crippen LogP contribution in [0.2, 0.25) is 0 Å². The Morgan fingerprint density at radius 1 is 1.07 bits per heavy atom. The van der Waals surface area contributed by atoms with E-state index in [4.69, 9.17) is 4.98 Å². The highest BCUT2D eigenvalue weighted by Gasteiger charge is 2.24. The number of anilines is 2. The summed E-state index contributed by atoms with van der Waals surface area (Å²) in [6, 6.07) is 20.6. The average Bonchev–Trinajstić information content (AvgIpc) is 3.19. The topological polar surface area (TPSA) is 37.6 Å². The van der Waals surface area contributed by atoms with Gasteiger partial charge in [0.1, 0.15) is 12.2 Å². The maximum atomic E-state index is 12.2. The third kappa shape index (κ3) is 5.11. The van der Waals surface area contributed by atoms with Crippen LogP contribution < -0.4 is 9.80 Å². The van der Waals surface area contributed by atoms with Crippen molar-refractivity contribution in [3.05, 3.63) is 77.3 Å². The van der Waals surface area contributed by atoms with Crippen LogP contribution in [0.1, 0.15) is 31.0 Å². The van der Waals surface area contributed by atoms with Gasteiger partial charge < -0.3 is 4.90 Å². The van der Waals surface area contributed by atoms with Gasteiger partial charge in [0.05, 0.1) is 18.8 Å². The average molecular weight is 407 g/mol. The van der Waals surface area contributed by atoms with Crippen LogP contribution in [0.15, 0.2) is 66.0 Å². The van der Waals surface area contributed by atoms with Crippen LogP contribution in [-0.4, -0.2) is 24.0 Å². The van der Waals surface area contributed by atoms with Crippen LogP contribution in [0.3, 0.4) is 0 Å². The summed E-state index contributed by atoms with van der Waals surface area (Å²) in [6.07, 6.45) is 3.73. The molecule has 0 saturated carbocycles. The lowest BCUT2D eigenvalue weighted by Crippen LogP contribution is -3.11. The number of benzene rings is 2. The minimum atomic E-state index is -0.00817. The molecule has 4 rings (SSSR count). The number of amides is 1. The number of piperidine rings is 1. The summed E-state index contributed by atoms with van der Waals surface area (Å²) in [5.74, 6) is 0.782. The molecule has 150 valence electrons. The van der Waals surface area contributed by atoms with Gasteiger partial charge in [-0.05, 0) is 42.9 Å². The number of thiazole rings is 1. The van der Waals surface area contributed by atoms with Crippen molar-refractivity contribution in [3.63, 3.8) is 0 Å². The standard InChI is InChI=1S/C24H27N3OS/c1-19(28)27(23-10-6-3-7-11-23)24-25-22(18-29-24)17-26-14-12-21(13-15-26)16-20-8-4-2-5-9-20/h2-11,18,21H,12-17H2,1H3/p+1. The number of nitrogens with one attached hydrogen (secondary N) is 1. The van der Waals surface area contributed by atoms with Crippen LogP contribution in [0, 0.1) is 5.92 Å². The first-order valence-electron chi connectivity index (χ1n) is 10.4. The molecule has 2 aromatic carbocycles. The summed E-state index contributed by atoms with van der Waals surface area (Å²) in [5.41, 5.74) is 3.41. The van der Waals surface area contributed by atoms with Crippen molar-refractivity contribution in [2.45, 2.75) is 32.7 Å². The molecular formula is C24H28N3OS+. The van der Waals surface area contributed by atoms with Gasteiger partial charge in [-0.2, -0.15) is 0 Å². The van der Waals surface area contributed by atoms with Crippen LogP contribution in [0.25, 0.3) is 0 Å². The number of hydrogen-bond donors (Lipinski definition) is 1. The molecule has 1 aliphatic heterocycles. The van der Waals surface area contributed by atoms with Crippen molar-refractivity contribution in [2.75, 3.05) is 18.0 Å². The maximum absolute atomic E-state index is 12.2. The van der Waals surface area contributed by atoms with E-state index in [-0.39, 0.29) is 5.91 Å². The number of likely N-dealkylation sites (tertiary alicyclic amines) is 1. The lowest BCUT2D eigenvalue weighted by Gasteiger charge is -2.29. The smallest absolute Gasteiger partial charge is 0.230 e. The number of hydrogen-bond acceptors (Lipinski definition) is 3. The second-order valence-electron chi connectivity index (χ2n) is 7.87. The molecule has 1 fully saturated rings. The quantitative estimate of drug-likeness (QED) is 0.675. The predicted molar refractivity (Wildman–Crippen MR) is 119 cm³/mol. The van der Waals surface area contributed by atoms with Crippen LogP contribution in [0.4, 0.5) is 10.8 Å². The molecule has 0 aliphatic carbocycles. The number of carbonyl (C=O) groups excluding carboxylic acids is 1. The predicted octanol–water partition coefficient (Wildman–Crippen LogP) is 3.87. The number of aromatic nitrogens is 1. The van der Waals surface area contributed by atoms with Gasteiger partial charge in [-0.3, -0.25) is 9.69 Å². The molecule has 2 heterocycles. The lowest BCUT2D eigenvalue weighted by atomic mass is 9.90. The minimum absolute atomic E-state index is 0.00817. The van der Waals surface area contributed by atoms with E-state index in [2.05, 4.69) is 35.7 Å². The molecule has 4 nitrogen and oxygen atoms in total. The van der Waals surface area contributed by atoms with Crippen molar-refractivity contribution in [2.24, 2.45) is 5.92 Å². The number of para-hydroxylation sites is 1. The second-order valence-corrected chi connectivity index (χ2v) is 8.71. The Bertz CT molecular complexity index is 918. The van der Waals surface area contributed by atoms with E-state index in [0.717, 1.165) is 29.0 Å². The second kappa shape index (κ2) is 9.33. The van der Waals surface area contributed by atoms with E-state index in [1.54, 1.807) is 28.1 Å². The summed E-state index contributed by atoms with van der Waals surface area (Å²) in [7, 11) is 0. The lowest BCUT2D eigenvalue weighted by molar-refractivity contribution is -0.920. The zero-order chi connectivity index (χ0) is 20.1. The number of nitrogens with zero attached hydrogens (tertiary/aromatic N) is 2. The van der Waals surface area contributed by atoms with Gasteiger partial charge in [0, 0.05) is 12.3 Å². The summed E-state index contributed by atoms with van der Waals surface area (Å²) in [5, 5.41) is 2.87. The van der Waals surface area contributed by atoms with Gasteiger partial charge in [-0.15, -0.1) is 11.3 Å². The van der Waals surface area contributed by atoms with Crippen molar-refractivity contribution < 1.29 is 9.69 Å². The van der Waals surface area contributed by atoms with Crippen LogP contribution >= 0.6 is 11.3 Å². The number of quaternary nitrogens is 1. The fourth-order valence-corrected chi connectivity index (χ4v) is 5.04. The largest absolute Gasteiger partial charge is 0.330 e. The molecule has 0 unspecified atom stereocenters. The molecule has 1 N–H and O–H groups in total. The van der Waals surface area contributed by atoms with E-state index in [9.17, 15) is 4.79 Å². The molecule has 5 heteroatoms. The van der Waals surface area contributed by atoms with Gasteiger partial charge in [-0.1, -0.05) is 48.5 Å². The normalized spacial score (nSPS) is 19.1. The van der Waals surface area contributed by atoms with E-state index < -0.39 is 0 Å². The first-order valence-corrected chi connectivity index (χ1v) is 11.2. The molecule has 0 bridgehead atoms. The molecular weight excluding hydrogens is 378 g/mol. The van der Waals surface area contributed by atoms with Crippen molar-refractivity contribution in [1.29, 1.82) is 0 Å². The Morgan fingerprint density at radius 3 is 2.38 bits per heavy atom. The molecule has 1 aliphatic rings. The van der Waals surface area contributed by atoms with Crippen molar-refractivity contribution in [3.8, 4) is 0 Å². The number of carbonyl (C=O) groups is 1. The summed E-state index contributed by atoms with van der Waals surface area (Å²) in [4.78, 5) is 20.3. The molecule has 0 radical (unpaired) electrons. The SMILES string of the molecule is CC(=O)N(c1ccccc1)c1nc(C[NH+]2CCC(Cc3ccccc3)CC2)cs1. The zero-order valence-corrected chi connectivity index (χ0v) is 17.7. The van der Waals surface area contributed by atoms with E-state index in [0.29, 0.717) is 0 Å². The van der Waals surface area contributed by atoms with E-state index in [1.807, 2.05) is 30.3 Å². The summed E-state index contributed by atoms with van der Waals surface area (Å²) in [6.45, 7) is 4.92. The Hall–Kier alpha value is -2.50. The first-order chi connectivity index (χ1) is 14.2. The van der Waals surface area contributed by atoms with Crippen molar-refractivity contribution in [1.82, 2.24) is 4.98 Å². The van der Waals surface area contributed by atoms with Crippen LogP contribution in [0.5, 0.6) is 0 Å². The van der Waals surface area contributed by atoms with Gasteiger partial charge >= 0.3 is 0 Å². The van der Waals surface area contributed by atoms with E-state index in [1.165, 1.54) is 37.9 Å². The van der Waals surface area contributed by atoms with Crippen molar-refractivity contribution >= 4 is 28.1 Å². The summed E-state index contributed by atoms with van der Waals surface area (Å²) < 4.78 is 0. The molecule has 3 aromatic rings. The van der Waals surface area contributed by atoms with Gasteiger partial charge in [0.25, 0.3) is 0 Å². The third-order valence-electron chi connectivity index (χ3n) is 5.67. The molecule has 29 heavy (non-hydrogen) atoms. The Morgan fingerprint density at radius 2 is 1.72 bits per heavy atom. The molecule has 0 spiro atoms. The first kappa shape index (κ1) is 19.8. The highest BCUT2D eigenvalue weighted by atomic mass is 32.1. The monoisotopic (exact) mass is 406 g/mol. The fraction of sp³-hybridized carbons (Fsp3) is 0.333. The maximum Gasteiger partial charge on any atom is 0.230 e. The highest BCUT2D eigenvalue weighted by Crippen LogP contribution is 2.28. The minimum Gasteiger partial charge on any atom is -0.330 e. The Balaban J connectivity index is 1.34. The Labute approximate surface area is 176 Å². The zero-order valence-electron chi connectivity index (χ0n) is 16.9. The third-order valence-corrected chi connectivity index (χ3v) is 6.55.